The first-order valence-electron chi connectivity index (χ1n) is 7.74. The molecule has 0 bridgehead atoms. The van der Waals surface area contributed by atoms with Crippen LogP contribution >= 0.6 is 0 Å². The van der Waals surface area contributed by atoms with Gasteiger partial charge in [0.1, 0.15) is 0 Å². The average molecular weight is 312 g/mol. The summed E-state index contributed by atoms with van der Waals surface area (Å²) in [7, 11) is 0. The summed E-state index contributed by atoms with van der Waals surface area (Å²) >= 11 is 0. The topological polar surface area (TPSA) is 61.4 Å². The van der Waals surface area contributed by atoms with Gasteiger partial charge in [0, 0.05) is 5.69 Å². The van der Waals surface area contributed by atoms with Gasteiger partial charge in [0.25, 0.3) is 0 Å². The van der Waals surface area contributed by atoms with Gasteiger partial charge in [-0.05, 0) is 28.7 Å². The minimum Gasteiger partial charge on any atom is -0.394 e. The Bertz CT molecular complexity index is 631. The maximum Gasteiger partial charge on any atom is 0.319 e. The van der Waals surface area contributed by atoms with Gasteiger partial charge in [0.05, 0.1) is 12.6 Å². The number of carbonyl (C=O) groups is 1. The van der Waals surface area contributed by atoms with Crippen LogP contribution in [0.3, 0.4) is 0 Å². The van der Waals surface area contributed by atoms with Crippen LogP contribution < -0.4 is 10.6 Å². The second-order valence-electron chi connectivity index (χ2n) is 6.57. The number of nitrogens with one attached hydrogen (secondary N) is 2. The molecular weight excluding hydrogens is 288 g/mol. The molecule has 0 aromatic heterocycles. The lowest BCUT2D eigenvalue weighted by Gasteiger charge is -2.20. The van der Waals surface area contributed by atoms with Crippen LogP contribution in [0.25, 0.3) is 0 Å². The zero-order valence-corrected chi connectivity index (χ0v) is 13.8. The van der Waals surface area contributed by atoms with Crippen LogP contribution in [-0.4, -0.2) is 17.7 Å². The van der Waals surface area contributed by atoms with E-state index in [2.05, 4.69) is 31.4 Å². The van der Waals surface area contributed by atoms with Crippen molar-refractivity contribution >= 4 is 11.7 Å². The number of urea groups is 1. The molecule has 3 N–H and O–H groups in total. The van der Waals surface area contributed by atoms with E-state index in [0.29, 0.717) is 0 Å². The van der Waals surface area contributed by atoms with Gasteiger partial charge in [0.2, 0.25) is 0 Å². The van der Waals surface area contributed by atoms with Gasteiger partial charge in [-0.1, -0.05) is 63.2 Å². The van der Waals surface area contributed by atoms with Crippen LogP contribution in [0, 0.1) is 0 Å². The van der Waals surface area contributed by atoms with E-state index < -0.39 is 6.04 Å². The number of aliphatic hydroxyl groups is 1. The molecule has 2 rings (SSSR count). The molecule has 4 heteroatoms. The lowest BCUT2D eigenvalue weighted by Crippen LogP contribution is -2.34. The standard InChI is InChI=1S/C19H24N2O2/c1-19(2,3)15-9-11-16(12-10-15)20-18(23)21-17(13-22)14-7-5-4-6-8-14/h4-12,17,22H,13H2,1-3H3,(H2,20,21,23)/t17-/m1/s1. The van der Waals surface area contributed by atoms with Crippen molar-refractivity contribution < 1.29 is 9.90 Å². The van der Waals surface area contributed by atoms with Gasteiger partial charge < -0.3 is 15.7 Å². The largest absolute Gasteiger partial charge is 0.394 e. The molecule has 0 saturated heterocycles. The van der Waals surface area contributed by atoms with Crippen molar-refractivity contribution in [1.29, 1.82) is 0 Å². The normalized spacial score (nSPS) is 12.5. The molecule has 0 unspecified atom stereocenters. The third-order valence-electron chi connectivity index (χ3n) is 3.70. The van der Waals surface area contributed by atoms with Crippen LogP contribution in [0.2, 0.25) is 0 Å². The number of rotatable bonds is 4. The zero-order chi connectivity index (χ0) is 16.9. The van der Waals surface area contributed by atoms with Crippen LogP contribution in [0.15, 0.2) is 54.6 Å². The Morgan fingerprint density at radius 2 is 1.65 bits per heavy atom. The molecule has 1 atom stereocenters. The molecule has 0 radical (unpaired) electrons. The fourth-order valence-corrected chi connectivity index (χ4v) is 2.30. The van der Waals surface area contributed by atoms with Crippen LogP contribution in [0.5, 0.6) is 0 Å². The highest BCUT2D eigenvalue weighted by Gasteiger charge is 2.15. The van der Waals surface area contributed by atoms with E-state index in [1.807, 2.05) is 54.6 Å². The minimum absolute atomic E-state index is 0.0794. The second kappa shape index (κ2) is 7.29. The molecule has 2 aromatic rings. The summed E-state index contributed by atoms with van der Waals surface area (Å²) in [5, 5.41) is 15.0. The van der Waals surface area contributed by atoms with E-state index in [9.17, 15) is 9.90 Å². The Hall–Kier alpha value is -2.33. The lowest BCUT2D eigenvalue weighted by atomic mass is 9.87. The highest BCUT2D eigenvalue weighted by molar-refractivity contribution is 5.89. The number of amides is 2. The summed E-state index contributed by atoms with van der Waals surface area (Å²) in [6.45, 7) is 6.29. The minimum atomic E-state index is -0.426. The molecule has 0 saturated carbocycles. The summed E-state index contributed by atoms with van der Waals surface area (Å²) in [5.74, 6) is 0. The van der Waals surface area contributed by atoms with E-state index in [0.717, 1.165) is 11.3 Å². The van der Waals surface area contributed by atoms with Gasteiger partial charge >= 0.3 is 6.03 Å². The van der Waals surface area contributed by atoms with Gasteiger partial charge in [-0.2, -0.15) is 0 Å². The third-order valence-corrected chi connectivity index (χ3v) is 3.70. The van der Waals surface area contributed by atoms with Crippen molar-refractivity contribution in [1.82, 2.24) is 5.32 Å². The number of hydrogen-bond donors (Lipinski definition) is 3. The maximum absolute atomic E-state index is 12.1. The molecule has 23 heavy (non-hydrogen) atoms. The Morgan fingerprint density at radius 3 is 2.17 bits per heavy atom. The predicted molar refractivity (Wildman–Crippen MR) is 93.6 cm³/mol. The van der Waals surface area contributed by atoms with Crippen molar-refractivity contribution in [2.45, 2.75) is 32.2 Å². The van der Waals surface area contributed by atoms with Crippen LogP contribution in [0.1, 0.15) is 37.9 Å². The SMILES string of the molecule is CC(C)(C)c1ccc(NC(=O)N[C@H](CO)c2ccccc2)cc1. The summed E-state index contributed by atoms with van der Waals surface area (Å²) in [4.78, 5) is 12.1. The van der Waals surface area contributed by atoms with Crippen molar-refractivity contribution in [2.24, 2.45) is 0 Å². The predicted octanol–water partition coefficient (Wildman–Crippen LogP) is 3.84. The molecule has 2 aromatic carbocycles. The first-order valence-corrected chi connectivity index (χ1v) is 7.74. The Kier molecular flexibility index (Phi) is 5.40. The van der Waals surface area contributed by atoms with Crippen LogP contribution in [-0.2, 0) is 5.41 Å². The number of aliphatic hydroxyl groups excluding tert-OH is 1. The average Bonchev–Trinajstić information content (AvgIpc) is 2.53. The summed E-state index contributed by atoms with van der Waals surface area (Å²) < 4.78 is 0. The van der Waals surface area contributed by atoms with Gasteiger partial charge in [-0.15, -0.1) is 0 Å². The number of benzene rings is 2. The molecule has 0 fully saturated rings. The molecular formula is C19H24N2O2. The Balaban J connectivity index is 1.99. The molecule has 0 heterocycles. The van der Waals surface area contributed by atoms with E-state index >= 15 is 0 Å². The molecule has 4 nitrogen and oxygen atoms in total. The van der Waals surface area contributed by atoms with Gasteiger partial charge in [-0.3, -0.25) is 0 Å². The number of anilines is 1. The Labute approximate surface area is 137 Å². The maximum atomic E-state index is 12.1. The molecule has 0 aliphatic heterocycles. The Morgan fingerprint density at radius 1 is 1.04 bits per heavy atom. The first kappa shape index (κ1) is 17.0. The molecule has 0 aliphatic rings. The molecule has 122 valence electrons. The highest BCUT2D eigenvalue weighted by atomic mass is 16.3. The first-order chi connectivity index (χ1) is 10.9. The van der Waals surface area contributed by atoms with E-state index in [-0.39, 0.29) is 18.1 Å². The smallest absolute Gasteiger partial charge is 0.319 e. The van der Waals surface area contributed by atoms with Gasteiger partial charge in [-0.25, -0.2) is 4.79 Å². The lowest BCUT2D eigenvalue weighted by molar-refractivity contribution is 0.225. The quantitative estimate of drug-likeness (QED) is 0.803. The van der Waals surface area contributed by atoms with Crippen molar-refractivity contribution in [3.8, 4) is 0 Å². The van der Waals surface area contributed by atoms with Crippen LogP contribution in [0.4, 0.5) is 10.5 Å². The van der Waals surface area contributed by atoms with Gasteiger partial charge in [0.15, 0.2) is 0 Å². The monoisotopic (exact) mass is 312 g/mol. The number of carbonyl (C=O) groups excluding carboxylic acids is 1. The third kappa shape index (κ3) is 4.83. The summed E-state index contributed by atoms with van der Waals surface area (Å²) in [6, 6.07) is 16.4. The van der Waals surface area contributed by atoms with Crippen molar-refractivity contribution in [3.63, 3.8) is 0 Å². The molecule has 2 amide bonds. The van der Waals surface area contributed by atoms with E-state index in [1.165, 1.54) is 5.56 Å². The summed E-state index contributed by atoms with van der Waals surface area (Å²) in [5.41, 5.74) is 2.88. The molecule has 0 aliphatic carbocycles. The summed E-state index contributed by atoms with van der Waals surface area (Å²) in [6.07, 6.45) is 0. The van der Waals surface area contributed by atoms with Crippen molar-refractivity contribution in [3.05, 3.63) is 65.7 Å². The van der Waals surface area contributed by atoms with Crippen molar-refractivity contribution in [2.75, 3.05) is 11.9 Å². The van der Waals surface area contributed by atoms with E-state index in [4.69, 9.17) is 0 Å². The van der Waals surface area contributed by atoms with E-state index in [1.54, 1.807) is 0 Å². The highest BCUT2D eigenvalue weighted by Crippen LogP contribution is 2.23. The fraction of sp³-hybridized carbons (Fsp3) is 0.316. The fourth-order valence-electron chi connectivity index (χ4n) is 2.30. The number of hydrogen-bond acceptors (Lipinski definition) is 2. The molecule has 0 spiro atoms. The zero-order valence-electron chi connectivity index (χ0n) is 13.8. The second-order valence-corrected chi connectivity index (χ2v) is 6.57.